The lowest BCUT2D eigenvalue weighted by molar-refractivity contribution is 0.344. The monoisotopic (exact) mass is 221 g/mol. The molecule has 1 aromatic carbocycles. The molecule has 0 aliphatic heterocycles. The fraction of sp³-hybridized carbons (Fsp3) is 0.417. The van der Waals surface area contributed by atoms with Gasteiger partial charge in [-0.05, 0) is 13.0 Å². The average molecular weight is 221 g/mol. The summed E-state index contributed by atoms with van der Waals surface area (Å²) in [6, 6.07) is 3.87. The molecule has 0 radical (unpaired) electrons. The molecular formula is C12H15NO3. The van der Waals surface area contributed by atoms with Crippen molar-refractivity contribution in [2.75, 3.05) is 21.3 Å². The summed E-state index contributed by atoms with van der Waals surface area (Å²) in [5.41, 5.74) is 1.65. The van der Waals surface area contributed by atoms with E-state index in [0.717, 1.165) is 11.1 Å². The van der Waals surface area contributed by atoms with Crippen LogP contribution in [0.25, 0.3) is 0 Å². The highest BCUT2D eigenvalue weighted by Gasteiger charge is 2.16. The summed E-state index contributed by atoms with van der Waals surface area (Å²) in [7, 11) is 4.73. The summed E-state index contributed by atoms with van der Waals surface area (Å²) in [4.78, 5) is 0. The summed E-state index contributed by atoms with van der Waals surface area (Å²) >= 11 is 0. The maximum atomic E-state index is 8.74. The molecule has 0 N–H and O–H groups in total. The highest BCUT2D eigenvalue weighted by Crippen LogP contribution is 2.39. The van der Waals surface area contributed by atoms with Crippen molar-refractivity contribution in [2.24, 2.45) is 0 Å². The number of hydrogen-bond donors (Lipinski definition) is 0. The molecule has 4 nitrogen and oxygen atoms in total. The number of rotatable bonds is 4. The molecule has 0 bridgehead atoms. The van der Waals surface area contributed by atoms with Gasteiger partial charge in [-0.25, -0.2) is 0 Å². The Hall–Kier alpha value is -1.89. The molecule has 4 heteroatoms. The standard InChI is InChI=1S/C12H15NO3/c1-8-11(15-3)9(5-6-13)7-10(14-2)12(8)16-4/h7H,5H2,1-4H3. The van der Waals surface area contributed by atoms with Crippen LogP contribution in [-0.4, -0.2) is 21.3 Å². The van der Waals surface area contributed by atoms with Gasteiger partial charge in [0.1, 0.15) is 5.75 Å². The van der Waals surface area contributed by atoms with Crippen LogP contribution in [0.4, 0.5) is 0 Å². The average Bonchev–Trinajstić information content (AvgIpc) is 2.29. The van der Waals surface area contributed by atoms with Crippen molar-refractivity contribution in [1.29, 1.82) is 5.26 Å². The Bertz CT molecular complexity index is 421. The van der Waals surface area contributed by atoms with Gasteiger partial charge in [-0.15, -0.1) is 0 Å². The van der Waals surface area contributed by atoms with E-state index in [9.17, 15) is 0 Å². The van der Waals surface area contributed by atoms with E-state index in [1.165, 1.54) is 0 Å². The lowest BCUT2D eigenvalue weighted by Crippen LogP contribution is -2.00. The zero-order chi connectivity index (χ0) is 12.1. The summed E-state index contributed by atoms with van der Waals surface area (Å²) in [5, 5.41) is 8.74. The van der Waals surface area contributed by atoms with Gasteiger partial charge in [0, 0.05) is 11.1 Å². The van der Waals surface area contributed by atoms with Crippen LogP contribution in [0, 0.1) is 18.3 Å². The normalized spacial score (nSPS) is 9.44. The van der Waals surface area contributed by atoms with E-state index in [0.29, 0.717) is 17.2 Å². The zero-order valence-electron chi connectivity index (χ0n) is 9.96. The van der Waals surface area contributed by atoms with Crippen LogP contribution in [-0.2, 0) is 6.42 Å². The van der Waals surface area contributed by atoms with Crippen LogP contribution in [0.3, 0.4) is 0 Å². The molecule has 16 heavy (non-hydrogen) atoms. The van der Waals surface area contributed by atoms with Gasteiger partial charge < -0.3 is 14.2 Å². The second kappa shape index (κ2) is 5.26. The van der Waals surface area contributed by atoms with Crippen LogP contribution in [0.1, 0.15) is 11.1 Å². The van der Waals surface area contributed by atoms with Crippen LogP contribution in [0.15, 0.2) is 6.07 Å². The molecule has 0 amide bonds. The fourth-order valence-electron chi connectivity index (χ4n) is 1.72. The van der Waals surface area contributed by atoms with E-state index in [2.05, 4.69) is 6.07 Å². The van der Waals surface area contributed by atoms with Crippen LogP contribution in [0.5, 0.6) is 17.2 Å². The Morgan fingerprint density at radius 2 is 1.75 bits per heavy atom. The summed E-state index contributed by atoms with van der Waals surface area (Å²) in [5.74, 6) is 1.94. The molecule has 1 aromatic rings. The third kappa shape index (κ3) is 2.03. The SMILES string of the molecule is COc1cc(CC#N)c(OC)c(C)c1OC. The number of methoxy groups -OCH3 is 3. The van der Waals surface area contributed by atoms with Gasteiger partial charge in [-0.1, -0.05) is 0 Å². The van der Waals surface area contributed by atoms with E-state index in [1.54, 1.807) is 27.4 Å². The van der Waals surface area contributed by atoms with Gasteiger partial charge in [0.05, 0.1) is 33.8 Å². The Morgan fingerprint density at radius 1 is 1.12 bits per heavy atom. The Kier molecular flexibility index (Phi) is 4.01. The molecular weight excluding hydrogens is 206 g/mol. The minimum atomic E-state index is 0.282. The van der Waals surface area contributed by atoms with Crippen molar-refractivity contribution in [3.63, 3.8) is 0 Å². The molecule has 0 fully saturated rings. The van der Waals surface area contributed by atoms with Gasteiger partial charge in [-0.2, -0.15) is 5.26 Å². The predicted molar refractivity (Wildman–Crippen MR) is 60.2 cm³/mol. The maximum absolute atomic E-state index is 8.74. The predicted octanol–water partition coefficient (Wildman–Crippen LogP) is 2.09. The summed E-state index contributed by atoms with van der Waals surface area (Å²) in [6.07, 6.45) is 0.282. The number of ether oxygens (including phenoxy) is 3. The second-order valence-corrected chi connectivity index (χ2v) is 3.26. The molecule has 0 aliphatic carbocycles. The lowest BCUT2D eigenvalue weighted by Gasteiger charge is -2.16. The number of hydrogen-bond acceptors (Lipinski definition) is 4. The Labute approximate surface area is 95.4 Å². The van der Waals surface area contributed by atoms with Gasteiger partial charge in [-0.3, -0.25) is 0 Å². The molecule has 0 heterocycles. The molecule has 0 saturated carbocycles. The molecule has 86 valence electrons. The van der Waals surface area contributed by atoms with Gasteiger partial charge in [0.2, 0.25) is 0 Å². The maximum Gasteiger partial charge on any atom is 0.167 e. The highest BCUT2D eigenvalue weighted by atomic mass is 16.5. The van der Waals surface area contributed by atoms with E-state index in [4.69, 9.17) is 19.5 Å². The number of nitriles is 1. The topological polar surface area (TPSA) is 51.5 Å². The van der Waals surface area contributed by atoms with Gasteiger partial charge in [0.25, 0.3) is 0 Å². The number of nitrogens with zero attached hydrogens (tertiary/aromatic N) is 1. The second-order valence-electron chi connectivity index (χ2n) is 3.26. The van der Waals surface area contributed by atoms with Crippen LogP contribution in [0.2, 0.25) is 0 Å². The fourth-order valence-corrected chi connectivity index (χ4v) is 1.72. The van der Waals surface area contributed by atoms with E-state index in [-0.39, 0.29) is 6.42 Å². The summed E-state index contributed by atoms with van der Waals surface area (Å²) in [6.45, 7) is 1.88. The first-order chi connectivity index (χ1) is 7.69. The smallest absolute Gasteiger partial charge is 0.167 e. The molecule has 0 aromatic heterocycles. The van der Waals surface area contributed by atoms with E-state index < -0.39 is 0 Å². The largest absolute Gasteiger partial charge is 0.496 e. The third-order valence-corrected chi connectivity index (χ3v) is 2.40. The molecule has 0 unspecified atom stereocenters. The quantitative estimate of drug-likeness (QED) is 0.781. The van der Waals surface area contributed by atoms with Crippen molar-refractivity contribution in [2.45, 2.75) is 13.3 Å². The van der Waals surface area contributed by atoms with Crippen molar-refractivity contribution in [3.05, 3.63) is 17.2 Å². The van der Waals surface area contributed by atoms with Gasteiger partial charge >= 0.3 is 0 Å². The van der Waals surface area contributed by atoms with E-state index >= 15 is 0 Å². The van der Waals surface area contributed by atoms with Crippen LogP contribution >= 0.6 is 0 Å². The molecule has 0 aliphatic rings. The van der Waals surface area contributed by atoms with Crippen molar-refractivity contribution in [1.82, 2.24) is 0 Å². The molecule has 0 spiro atoms. The Morgan fingerprint density at radius 3 is 2.19 bits per heavy atom. The molecule has 1 rings (SSSR count). The molecule has 0 saturated heterocycles. The Balaban J connectivity index is 3.42. The van der Waals surface area contributed by atoms with Gasteiger partial charge in [0.15, 0.2) is 11.5 Å². The zero-order valence-corrected chi connectivity index (χ0v) is 9.96. The minimum absolute atomic E-state index is 0.282. The van der Waals surface area contributed by atoms with Crippen molar-refractivity contribution >= 4 is 0 Å². The first kappa shape index (κ1) is 12.2. The van der Waals surface area contributed by atoms with Crippen molar-refractivity contribution in [3.8, 4) is 23.3 Å². The first-order valence-corrected chi connectivity index (χ1v) is 4.85. The minimum Gasteiger partial charge on any atom is -0.496 e. The first-order valence-electron chi connectivity index (χ1n) is 4.85. The summed E-state index contributed by atoms with van der Waals surface area (Å²) < 4.78 is 15.8. The highest BCUT2D eigenvalue weighted by molar-refractivity contribution is 5.58. The van der Waals surface area contributed by atoms with Crippen LogP contribution < -0.4 is 14.2 Å². The lowest BCUT2D eigenvalue weighted by atomic mass is 10.1. The number of benzene rings is 1. The van der Waals surface area contributed by atoms with E-state index in [1.807, 2.05) is 6.92 Å². The molecule has 0 atom stereocenters. The third-order valence-electron chi connectivity index (χ3n) is 2.40. The van der Waals surface area contributed by atoms with Crippen molar-refractivity contribution < 1.29 is 14.2 Å².